The van der Waals surface area contributed by atoms with Crippen LogP contribution in [0.1, 0.15) is 71.6 Å². The van der Waals surface area contributed by atoms with Crippen molar-refractivity contribution >= 4 is 18.4 Å². The van der Waals surface area contributed by atoms with E-state index >= 15 is 0 Å². The molecular formula is C21H36NO5PS. The van der Waals surface area contributed by atoms with Crippen LogP contribution in [-0.4, -0.2) is 35.8 Å². The van der Waals surface area contributed by atoms with Crippen LogP contribution in [0.4, 0.5) is 0 Å². The predicted molar refractivity (Wildman–Crippen MR) is 120 cm³/mol. The Morgan fingerprint density at radius 1 is 1.10 bits per heavy atom. The van der Waals surface area contributed by atoms with Crippen molar-refractivity contribution in [1.29, 1.82) is 0 Å². The van der Waals surface area contributed by atoms with Crippen molar-refractivity contribution in [2.75, 3.05) is 19.8 Å². The first-order chi connectivity index (χ1) is 14.1. The number of hydroxylamine groups is 1. The first-order valence-electron chi connectivity index (χ1n) is 10.9. The minimum Gasteiger partial charge on any atom is -0.493 e. The Kier molecular flexibility index (Phi) is 11.5. The SMILES string of the molecule is CCCCCCON(C1CCCCO1)P(O)(=S)Oc1cccc(OCCCC)c1. The Morgan fingerprint density at radius 2 is 1.90 bits per heavy atom. The summed E-state index contributed by atoms with van der Waals surface area (Å²) in [4.78, 5) is 18.4. The molecule has 2 rings (SSSR count). The van der Waals surface area contributed by atoms with Crippen LogP contribution in [0, 0.1) is 0 Å². The summed E-state index contributed by atoms with van der Waals surface area (Å²) in [7, 11) is 0. The van der Waals surface area contributed by atoms with Crippen LogP contribution in [-0.2, 0) is 21.4 Å². The Bertz CT molecular complexity index is 627. The van der Waals surface area contributed by atoms with Gasteiger partial charge in [-0.05, 0) is 56.0 Å². The third kappa shape index (κ3) is 8.91. The molecule has 0 saturated carbocycles. The molecule has 1 aliphatic heterocycles. The molecular weight excluding hydrogens is 409 g/mol. The summed E-state index contributed by atoms with van der Waals surface area (Å²) in [5.74, 6) is 1.17. The smallest absolute Gasteiger partial charge is 0.338 e. The van der Waals surface area contributed by atoms with Crippen LogP contribution in [0.25, 0.3) is 0 Å². The fourth-order valence-electron chi connectivity index (χ4n) is 3.04. The molecule has 0 spiro atoms. The molecule has 1 aromatic carbocycles. The monoisotopic (exact) mass is 445 g/mol. The van der Waals surface area contributed by atoms with Crippen molar-refractivity contribution in [2.45, 2.75) is 77.9 Å². The standard InChI is InChI=1S/C21H36NO5PS/c1-3-5-7-9-17-26-22(21-14-8-10-16-25-21)28(23,29)27-20-13-11-12-19(18-20)24-15-6-4-2/h11-13,18,21H,3-10,14-17H2,1-2H3,(H,23,29). The minimum absolute atomic E-state index is 0.380. The van der Waals surface area contributed by atoms with E-state index in [4.69, 9.17) is 30.6 Å². The first-order valence-corrected chi connectivity index (χ1v) is 13.5. The lowest BCUT2D eigenvalue weighted by Crippen LogP contribution is -2.38. The maximum absolute atomic E-state index is 11.1. The van der Waals surface area contributed by atoms with Gasteiger partial charge in [0.1, 0.15) is 17.7 Å². The van der Waals surface area contributed by atoms with Gasteiger partial charge in [0.15, 0.2) is 0 Å². The third-order valence-electron chi connectivity index (χ3n) is 4.67. The third-order valence-corrected chi connectivity index (χ3v) is 6.70. The van der Waals surface area contributed by atoms with E-state index in [1.54, 1.807) is 12.1 Å². The number of hydrogen-bond acceptors (Lipinski definition) is 5. The van der Waals surface area contributed by atoms with E-state index in [0.717, 1.165) is 57.8 Å². The molecule has 0 aromatic heterocycles. The summed E-state index contributed by atoms with van der Waals surface area (Å²) in [6, 6.07) is 7.23. The van der Waals surface area contributed by atoms with Crippen LogP contribution in [0.2, 0.25) is 0 Å². The summed E-state index contributed by atoms with van der Waals surface area (Å²) in [5, 5.41) is 0. The molecule has 1 saturated heterocycles. The van der Waals surface area contributed by atoms with Gasteiger partial charge in [-0.1, -0.05) is 50.4 Å². The first kappa shape index (κ1) is 24.6. The summed E-state index contributed by atoms with van der Waals surface area (Å²) in [5.41, 5.74) is 0. The van der Waals surface area contributed by atoms with E-state index < -0.39 is 6.64 Å². The number of rotatable bonds is 14. The van der Waals surface area contributed by atoms with Crippen molar-refractivity contribution in [3.05, 3.63) is 24.3 Å². The van der Waals surface area contributed by atoms with Crippen molar-refractivity contribution in [2.24, 2.45) is 0 Å². The molecule has 8 heteroatoms. The molecule has 1 heterocycles. The highest BCUT2D eigenvalue weighted by Gasteiger charge is 2.36. The van der Waals surface area contributed by atoms with Crippen LogP contribution in [0.5, 0.6) is 11.5 Å². The van der Waals surface area contributed by atoms with Gasteiger partial charge < -0.3 is 18.9 Å². The van der Waals surface area contributed by atoms with Gasteiger partial charge in [-0.25, -0.2) is 0 Å². The molecule has 0 amide bonds. The van der Waals surface area contributed by atoms with Gasteiger partial charge in [0, 0.05) is 12.7 Å². The molecule has 166 valence electrons. The number of hydrogen-bond donors (Lipinski definition) is 1. The Morgan fingerprint density at radius 3 is 2.62 bits per heavy atom. The van der Waals surface area contributed by atoms with Gasteiger partial charge in [-0.2, -0.15) is 0 Å². The summed E-state index contributed by atoms with van der Waals surface area (Å²) < 4.78 is 17.4. The largest absolute Gasteiger partial charge is 0.493 e. The number of ether oxygens (including phenoxy) is 2. The Hall–Kier alpha value is -0.690. The molecule has 1 N–H and O–H groups in total. The van der Waals surface area contributed by atoms with Crippen LogP contribution >= 0.6 is 6.64 Å². The van der Waals surface area contributed by atoms with E-state index in [1.165, 1.54) is 4.83 Å². The van der Waals surface area contributed by atoms with Gasteiger partial charge in [0.05, 0.1) is 13.2 Å². The van der Waals surface area contributed by atoms with Crippen LogP contribution in [0.3, 0.4) is 0 Å². The van der Waals surface area contributed by atoms with Crippen molar-refractivity contribution in [3.8, 4) is 11.5 Å². The fourth-order valence-corrected chi connectivity index (χ4v) is 4.96. The van der Waals surface area contributed by atoms with Gasteiger partial charge >= 0.3 is 6.64 Å². The summed E-state index contributed by atoms with van der Waals surface area (Å²) in [6.45, 7) is 2.63. The normalized spacial score (nSPS) is 19.1. The highest BCUT2D eigenvalue weighted by molar-refractivity contribution is 8.08. The minimum atomic E-state index is -3.44. The second-order valence-electron chi connectivity index (χ2n) is 7.28. The molecule has 6 nitrogen and oxygen atoms in total. The maximum Gasteiger partial charge on any atom is 0.338 e. The molecule has 2 atom stereocenters. The second-order valence-corrected chi connectivity index (χ2v) is 10.3. The zero-order chi connectivity index (χ0) is 21.0. The number of benzene rings is 1. The molecule has 0 bridgehead atoms. The molecule has 0 aliphatic carbocycles. The predicted octanol–water partition coefficient (Wildman–Crippen LogP) is 5.80. The molecule has 1 aromatic rings. The van der Waals surface area contributed by atoms with E-state index in [9.17, 15) is 4.89 Å². The highest BCUT2D eigenvalue weighted by Crippen LogP contribution is 2.50. The van der Waals surface area contributed by atoms with E-state index in [-0.39, 0.29) is 6.23 Å². The summed E-state index contributed by atoms with van der Waals surface area (Å²) >= 11 is 5.50. The molecule has 29 heavy (non-hydrogen) atoms. The molecule has 0 radical (unpaired) electrons. The highest BCUT2D eigenvalue weighted by atomic mass is 32.5. The lowest BCUT2D eigenvalue weighted by atomic mass is 10.2. The van der Waals surface area contributed by atoms with Gasteiger partial charge in [-0.15, -0.1) is 0 Å². The zero-order valence-electron chi connectivity index (χ0n) is 17.8. The van der Waals surface area contributed by atoms with Crippen LogP contribution in [0.15, 0.2) is 24.3 Å². The second kappa shape index (κ2) is 13.6. The van der Waals surface area contributed by atoms with Crippen molar-refractivity contribution < 1.29 is 23.7 Å². The van der Waals surface area contributed by atoms with Crippen LogP contribution < -0.4 is 9.26 Å². The number of unbranched alkanes of at least 4 members (excludes halogenated alkanes) is 4. The van der Waals surface area contributed by atoms with Gasteiger partial charge in [0.2, 0.25) is 0 Å². The van der Waals surface area contributed by atoms with Gasteiger partial charge in [-0.3, -0.25) is 4.84 Å². The lowest BCUT2D eigenvalue weighted by molar-refractivity contribution is -0.211. The Labute approximate surface area is 180 Å². The molecule has 1 aliphatic rings. The Balaban J connectivity index is 2.03. The lowest BCUT2D eigenvalue weighted by Gasteiger charge is -2.36. The van der Waals surface area contributed by atoms with Crippen molar-refractivity contribution in [1.82, 2.24) is 4.83 Å². The van der Waals surface area contributed by atoms with E-state index in [0.29, 0.717) is 31.3 Å². The quantitative estimate of drug-likeness (QED) is 0.221. The summed E-state index contributed by atoms with van der Waals surface area (Å²) in [6.07, 6.45) is 8.78. The number of nitrogens with zero attached hydrogens (tertiary/aromatic N) is 1. The fraction of sp³-hybridized carbons (Fsp3) is 0.714. The zero-order valence-corrected chi connectivity index (χ0v) is 19.5. The van der Waals surface area contributed by atoms with Crippen molar-refractivity contribution in [3.63, 3.8) is 0 Å². The van der Waals surface area contributed by atoms with E-state index in [1.807, 2.05) is 12.1 Å². The van der Waals surface area contributed by atoms with E-state index in [2.05, 4.69) is 13.8 Å². The van der Waals surface area contributed by atoms with Gasteiger partial charge in [0.25, 0.3) is 0 Å². The average molecular weight is 446 g/mol. The topological polar surface area (TPSA) is 60.4 Å². The maximum atomic E-state index is 11.1. The molecule has 2 unspecified atom stereocenters. The average Bonchev–Trinajstić information content (AvgIpc) is 2.71. The molecule has 1 fully saturated rings.